The van der Waals surface area contributed by atoms with Crippen molar-refractivity contribution in [1.29, 1.82) is 0 Å². The average Bonchev–Trinajstić information content (AvgIpc) is 2.85. The molecular formula is C19H19ClN2Si. The van der Waals surface area contributed by atoms with E-state index in [4.69, 9.17) is 16.6 Å². The highest BCUT2D eigenvalue weighted by Crippen LogP contribution is 2.35. The third kappa shape index (κ3) is 2.11. The van der Waals surface area contributed by atoms with Crippen LogP contribution in [0.5, 0.6) is 0 Å². The smallest absolute Gasteiger partial charge is 0.141 e. The van der Waals surface area contributed by atoms with Gasteiger partial charge in [-0.15, -0.1) is 0 Å². The van der Waals surface area contributed by atoms with Gasteiger partial charge in [0.25, 0.3) is 0 Å². The van der Waals surface area contributed by atoms with Crippen molar-refractivity contribution in [3.05, 3.63) is 47.5 Å². The summed E-state index contributed by atoms with van der Waals surface area (Å²) < 4.78 is 2.20. The van der Waals surface area contributed by atoms with Gasteiger partial charge in [0.2, 0.25) is 0 Å². The molecule has 2 aliphatic heterocycles. The van der Waals surface area contributed by atoms with E-state index in [9.17, 15) is 0 Å². The molecule has 0 aliphatic carbocycles. The van der Waals surface area contributed by atoms with Crippen molar-refractivity contribution in [2.45, 2.75) is 19.6 Å². The van der Waals surface area contributed by atoms with Crippen molar-refractivity contribution in [2.24, 2.45) is 7.05 Å². The minimum atomic E-state index is -1.60. The number of rotatable bonds is 1. The fourth-order valence-corrected chi connectivity index (χ4v) is 5.77. The third-order valence-corrected chi connectivity index (χ3v) is 6.78. The van der Waals surface area contributed by atoms with E-state index in [1.165, 1.54) is 27.0 Å². The molecule has 2 nitrogen and oxygen atoms in total. The van der Waals surface area contributed by atoms with Crippen LogP contribution in [0.15, 0.2) is 42.5 Å². The average molecular weight is 339 g/mol. The fraction of sp³-hybridized carbons (Fsp3) is 0.211. The number of para-hydroxylation sites is 1. The van der Waals surface area contributed by atoms with E-state index in [1.54, 1.807) is 0 Å². The van der Waals surface area contributed by atoms with Crippen LogP contribution in [0.2, 0.25) is 24.7 Å². The molecule has 0 fully saturated rings. The summed E-state index contributed by atoms with van der Waals surface area (Å²) in [5, 5.41) is 4.76. The predicted molar refractivity (Wildman–Crippen MR) is 103 cm³/mol. The molecule has 4 rings (SSSR count). The molecule has 0 aromatic heterocycles. The Hall–Kier alpha value is -1.84. The van der Waals surface area contributed by atoms with Crippen LogP contribution in [0.1, 0.15) is 0 Å². The van der Waals surface area contributed by atoms with E-state index in [-0.39, 0.29) is 0 Å². The molecule has 0 N–H and O–H groups in total. The van der Waals surface area contributed by atoms with Crippen LogP contribution in [-0.2, 0) is 7.05 Å². The van der Waals surface area contributed by atoms with E-state index in [2.05, 4.69) is 67.7 Å². The van der Waals surface area contributed by atoms with Gasteiger partial charge in [0.05, 0.1) is 13.6 Å². The highest BCUT2D eigenvalue weighted by Gasteiger charge is 2.29. The van der Waals surface area contributed by atoms with Crippen molar-refractivity contribution in [3.8, 4) is 11.4 Å². The number of nitrogens with zero attached hydrogens (tertiary/aromatic N) is 2. The number of aromatic nitrogens is 2. The van der Waals surface area contributed by atoms with E-state index in [0.717, 1.165) is 16.4 Å². The summed E-state index contributed by atoms with van der Waals surface area (Å²) in [6.07, 6.45) is 0. The number of benzene rings is 2. The lowest BCUT2D eigenvalue weighted by Crippen LogP contribution is -2.40. The van der Waals surface area contributed by atoms with Gasteiger partial charge < -0.3 is 4.57 Å². The predicted octanol–water partition coefficient (Wildman–Crippen LogP) is 5.03. The molecule has 23 heavy (non-hydrogen) atoms. The first-order chi connectivity index (χ1) is 10.9. The quantitative estimate of drug-likeness (QED) is 0.445. The summed E-state index contributed by atoms with van der Waals surface area (Å²) in [6, 6.07) is 14.6. The Labute approximate surface area is 142 Å². The normalized spacial score (nSPS) is 12.6. The van der Waals surface area contributed by atoms with Crippen LogP contribution < -0.4 is 5.19 Å². The third-order valence-electron chi connectivity index (χ3n) is 4.53. The minimum Gasteiger partial charge on any atom is -0.328 e. The second-order valence-electron chi connectivity index (χ2n) is 7.17. The van der Waals surface area contributed by atoms with E-state index in [1.807, 2.05) is 6.07 Å². The standard InChI is InChI=1S/C19H19ClN2Si/c1-22-16-10-9-12(20)11-14(16)18(23(2,3)4)17-13-7-5-6-8-15(13)21-19(17)22/h5-11H,1-4H3. The van der Waals surface area contributed by atoms with Gasteiger partial charge in [0.15, 0.2) is 0 Å². The summed E-state index contributed by atoms with van der Waals surface area (Å²) >= 11 is 6.33. The summed E-state index contributed by atoms with van der Waals surface area (Å²) in [5.41, 5.74) is 3.57. The Balaban J connectivity index is 2.36. The molecule has 0 saturated heterocycles. The molecule has 0 spiro atoms. The second kappa shape index (κ2) is 4.82. The van der Waals surface area contributed by atoms with Crippen molar-refractivity contribution < 1.29 is 0 Å². The summed E-state index contributed by atoms with van der Waals surface area (Å²) in [5.74, 6) is 1.07. The molecule has 0 amide bonds. The van der Waals surface area contributed by atoms with E-state index < -0.39 is 8.07 Å². The molecule has 0 atom stereocenters. The van der Waals surface area contributed by atoms with Crippen molar-refractivity contribution in [2.75, 3.05) is 0 Å². The van der Waals surface area contributed by atoms with Crippen LogP contribution in [-0.4, -0.2) is 17.6 Å². The van der Waals surface area contributed by atoms with Crippen LogP contribution in [0, 0.1) is 0 Å². The van der Waals surface area contributed by atoms with Gasteiger partial charge in [-0.2, -0.15) is 0 Å². The number of hydrogen-bond donors (Lipinski definition) is 0. The summed E-state index contributed by atoms with van der Waals surface area (Å²) in [7, 11) is 0.495. The number of aryl methyl sites for hydroxylation is 1. The lowest BCUT2D eigenvalue weighted by Gasteiger charge is -2.25. The number of hydrogen-bond acceptors (Lipinski definition) is 1. The summed E-state index contributed by atoms with van der Waals surface area (Å²) in [6.45, 7) is 7.18. The zero-order valence-electron chi connectivity index (χ0n) is 13.8. The maximum atomic E-state index is 6.33. The Kier molecular flexibility index (Phi) is 3.09. The van der Waals surface area contributed by atoms with Crippen LogP contribution in [0.25, 0.3) is 33.2 Å². The Morgan fingerprint density at radius 2 is 1.74 bits per heavy atom. The first-order valence-electron chi connectivity index (χ1n) is 7.85. The second-order valence-corrected chi connectivity index (χ2v) is 12.6. The largest absolute Gasteiger partial charge is 0.328 e. The Morgan fingerprint density at radius 1 is 1.00 bits per heavy atom. The van der Waals surface area contributed by atoms with Crippen molar-refractivity contribution in [3.63, 3.8) is 0 Å². The monoisotopic (exact) mass is 338 g/mol. The zero-order valence-corrected chi connectivity index (χ0v) is 15.6. The molecule has 2 aromatic rings. The lowest BCUT2D eigenvalue weighted by molar-refractivity contribution is 0.941. The molecule has 0 unspecified atom stereocenters. The topological polar surface area (TPSA) is 17.8 Å². The highest BCUT2D eigenvalue weighted by atomic mass is 35.5. The number of pyridine rings is 1. The van der Waals surface area contributed by atoms with Crippen LogP contribution in [0.3, 0.4) is 0 Å². The first kappa shape index (κ1) is 14.7. The van der Waals surface area contributed by atoms with Gasteiger partial charge in [-0.05, 0) is 34.8 Å². The van der Waals surface area contributed by atoms with Gasteiger partial charge >= 0.3 is 0 Å². The van der Waals surface area contributed by atoms with Crippen molar-refractivity contribution in [1.82, 2.24) is 9.55 Å². The Morgan fingerprint density at radius 3 is 2.48 bits per heavy atom. The molecule has 0 saturated carbocycles. The fourth-order valence-electron chi connectivity index (χ4n) is 3.59. The molecule has 0 bridgehead atoms. The van der Waals surface area contributed by atoms with Gasteiger partial charge in [0, 0.05) is 28.5 Å². The van der Waals surface area contributed by atoms with Gasteiger partial charge in [-0.25, -0.2) is 4.98 Å². The lowest BCUT2D eigenvalue weighted by atomic mass is 10.1. The molecule has 2 heterocycles. The number of fused-ring (bicyclic) bond motifs is 4. The van der Waals surface area contributed by atoms with Crippen LogP contribution in [0.4, 0.5) is 0 Å². The summed E-state index contributed by atoms with van der Waals surface area (Å²) in [4.78, 5) is 4.91. The SMILES string of the molecule is Cn1c2nc3ccccc3c-2c([Si](C)(C)C)c2cc(Cl)ccc21. The van der Waals surface area contributed by atoms with E-state index in [0.29, 0.717) is 0 Å². The highest BCUT2D eigenvalue weighted by molar-refractivity contribution is 6.91. The van der Waals surface area contributed by atoms with Gasteiger partial charge in [0.1, 0.15) is 5.82 Å². The maximum absolute atomic E-state index is 6.33. The first-order valence-corrected chi connectivity index (χ1v) is 11.7. The molecule has 2 aromatic carbocycles. The molecule has 0 radical (unpaired) electrons. The van der Waals surface area contributed by atoms with Crippen LogP contribution >= 0.6 is 11.6 Å². The van der Waals surface area contributed by atoms with Gasteiger partial charge in [-0.1, -0.05) is 49.4 Å². The van der Waals surface area contributed by atoms with Crippen molar-refractivity contribution >= 4 is 46.7 Å². The van der Waals surface area contributed by atoms with E-state index >= 15 is 0 Å². The maximum Gasteiger partial charge on any atom is 0.141 e. The Bertz CT molecular complexity index is 1030. The zero-order chi connectivity index (χ0) is 16.4. The molecule has 116 valence electrons. The molecular weight excluding hydrogens is 320 g/mol. The van der Waals surface area contributed by atoms with Gasteiger partial charge in [-0.3, -0.25) is 0 Å². The molecule has 2 aliphatic rings. The molecule has 4 heteroatoms. The number of halogens is 1. The minimum absolute atomic E-state index is 0.792.